The van der Waals surface area contributed by atoms with Gasteiger partial charge >= 0.3 is 0 Å². The fourth-order valence-corrected chi connectivity index (χ4v) is 2.86. The van der Waals surface area contributed by atoms with Crippen molar-refractivity contribution in [3.63, 3.8) is 0 Å². The third-order valence-electron chi connectivity index (χ3n) is 3.53. The molecular weight excluding hydrogens is 326 g/mol. The Kier molecular flexibility index (Phi) is 7.24. The SMILES string of the molecule is CC[NH+](CC(=O)Nc1c(C)cc(C)cc1Cl)CC(=O)NC(C)(C)C. The van der Waals surface area contributed by atoms with Crippen molar-refractivity contribution in [3.05, 3.63) is 28.3 Å². The number of likely N-dealkylation sites (N-methyl/N-ethyl adjacent to an activating group) is 1. The largest absolute Gasteiger partial charge is 0.347 e. The van der Waals surface area contributed by atoms with Gasteiger partial charge < -0.3 is 15.5 Å². The van der Waals surface area contributed by atoms with Gasteiger partial charge in [-0.15, -0.1) is 0 Å². The van der Waals surface area contributed by atoms with E-state index < -0.39 is 0 Å². The zero-order chi connectivity index (χ0) is 18.5. The molecule has 0 bridgehead atoms. The van der Waals surface area contributed by atoms with E-state index in [2.05, 4.69) is 10.6 Å². The number of carbonyl (C=O) groups is 2. The van der Waals surface area contributed by atoms with Crippen LogP contribution >= 0.6 is 11.6 Å². The topological polar surface area (TPSA) is 62.6 Å². The minimum Gasteiger partial charge on any atom is -0.347 e. The zero-order valence-electron chi connectivity index (χ0n) is 15.5. The van der Waals surface area contributed by atoms with Gasteiger partial charge in [-0.05, 0) is 58.7 Å². The minimum atomic E-state index is -0.273. The van der Waals surface area contributed by atoms with E-state index in [0.29, 0.717) is 17.3 Å². The van der Waals surface area contributed by atoms with E-state index >= 15 is 0 Å². The summed E-state index contributed by atoms with van der Waals surface area (Å²) in [6.07, 6.45) is 0. The number of hydrogen-bond acceptors (Lipinski definition) is 2. The molecule has 134 valence electrons. The van der Waals surface area contributed by atoms with Gasteiger partial charge in [-0.3, -0.25) is 9.59 Å². The van der Waals surface area contributed by atoms with Crippen molar-refractivity contribution in [1.29, 1.82) is 0 Å². The van der Waals surface area contributed by atoms with Gasteiger partial charge in [-0.25, -0.2) is 0 Å². The van der Waals surface area contributed by atoms with Crippen LogP contribution in [-0.2, 0) is 9.59 Å². The van der Waals surface area contributed by atoms with Crippen LogP contribution in [0.25, 0.3) is 0 Å². The summed E-state index contributed by atoms with van der Waals surface area (Å²) in [5.74, 6) is -0.207. The van der Waals surface area contributed by atoms with Crippen LogP contribution in [0.4, 0.5) is 5.69 Å². The van der Waals surface area contributed by atoms with Crippen LogP contribution in [0.2, 0.25) is 5.02 Å². The Hall–Kier alpha value is -1.59. The second kappa shape index (κ2) is 8.49. The number of hydrogen-bond donors (Lipinski definition) is 3. The molecule has 1 aromatic carbocycles. The van der Waals surface area contributed by atoms with E-state index in [0.717, 1.165) is 16.0 Å². The van der Waals surface area contributed by atoms with Crippen molar-refractivity contribution in [2.45, 2.75) is 47.1 Å². The average molecular weight is 355 g/mol. The molecule has 3 N–H and O–H groups in total. The highest BCUT2D eigenvalue weighted by atomic mass is 35.5. The number of benzene rings is 1. The minimum absolute atomic E-state index is 0.0586. The Bertz CT molecular complexity index is 586. The van der Waals surface area contributed by atoms with Crippen LogP contribution in [0, 0.1) is 13.8 Å². The number of halogens is 1. The molecule has 1 aromatic rings. The predicted molar refractivity (Wildman–Crippen MR) is 98.7 cm³/mol. The fraction of sp³-hybridized carbons (Fsp3) is 0.556. The van der Waals surface area contributed by atoms with Crippen LogP contribution in [0.1, 0.15) is 38.8 Å². The Balaban J connectivity index is 2.67. The summed E-state index contributed by atoms with van der Waals surface area (Å²) >= 11 is 6.22. The van der Waals surface area contributed by atoms with E-state index in [1.54, 1.807) is 0 Å². The van der Waals surface area contributed by atoms with Gasteiger partial charge in [-0.2, -0.15) is 0 Å². The molecule has 0 saturated heterocycles. The van der Waals surface area contributed by atoms with Gasteiger partial charge in [-0.1, -0.05) is 17.7 Å². The maximum absolute atomic E-state index is 12.3. The lowest BCUT2D eigenvalue weighted by Gasteiger charge is -2.23. The Labute approximate surface area is 149 Å². The molecule has 0 aromatic heterocycles. The van der Waals surface area contributed by atoms with Crippen LogP contribution in [-0.4, -0.2) is 37.0 Å². The quantitative estimate of drug-likeness (QED) is 0.728. The number of amides is 2. The highest BCUT2D eigenvalue weighted by molar-refractivity contribution is 6.34. The molecule has 6 heteroatoms. The summed E-state index contributed by atoms with van der Waals surface area (Å²) in [6.45, 7) is 12.8. The van der Waals surface area contributed by atoms with Gasteiger partial charge in [0.1, 0.15) is 0 Å². The third-order valence-corrected chi connectivity index (χ3v) is 3.83. The van der Waals surface area contributed by atoms with Crippen molar-refractivity contribution in [1.82, 2.24) is 5.32 Å². The maximum Gasteiger partial charge on any atom is 0.279 e. The summed E-state index contributed by atoms with van der Waals surface area (Å²) in [6, 6.07) is 3.80. The summed E-state index contributed by atoms with van der Waals surface area (Å²) in [7, 11) is 0. The summed E-state index contributed by atoms with van der Waals surface area (Å²) < 4.78 is 0. The molecule has 5 nitrogen and oxygen atoms in total. The van der Waals surface area contributed by atoms with Gasteiger partial charge in [0.05, 0.1) is 17.3 Å². The lowest BCUT2D eigenvalue weighted by atomic mass is 10.1. The Morgan fingerprint density at radius 2 is 1.71 bits per heavy atom. The third kappa shape index (κ3) is 6.89. The second-order valence-corrected chi connectivity index (χ2v) is 7.65. The number of rotatable bonds is 6. The van der Waals surface area contributed by atoms with E-state index in [4.69, 9.17) is 11.6 Å². The molecule has 0 heterocycles. The van der Waals surface area contributed by atoms with Crippen LogP contribution in [0.5, 0.6) is 0 Å². The van der Waals surface area contributed by atoms with E-state index in [9.17, 15) is 9.59 Å². The van der Waals surface area contributed by atoms with Crippen molar-refractivity contribution >= 4 is 29.1 Å². The van der Waals surface area contributed by atoms with Crippen LogP contribution < -0.4 is 15.5 Å². The molecule has 1 atom stereocenters. The number of nitrogens with one attached hydrogen (secondary N) is 3. The highest BCUT2D eigenvalue weighted by Gasteiger charge is 2.21. The second-order valence-electron chi connectivity index (χ2n) is 7.24. The average Bonchev–Trinajstić information content (AvgIpc) is 2.39. The van der Waals surface area contributed by atoms with Crippen molar-refractivity contribution in [2.24, 2.45) is 0 Å². The fourth-order valence-electron chi connectivity index (χ4n) is 2.49. The van der Waals surface area contributed by atoms with Gasteiger partial charge in [0.2, 0.25) is 0 Å². The van der Waals surface area contributed by atoms with Crippen molar-refractivity contribution in [2.75, 3.05) is 25.0 Å². The number of aryl methyl sites for hydroxylation is 2. The lowest BCUT2D eigenvalue weighted by molar-refractivity contribution is -0.881. The standard InChI is InChI=1S/C18H28ClN3O2/c1-7-22(11-16(24)21-18(4,5)6)10-15(23)20-17-13(3)8-12(2)9-14(17)19/h8-9H,7,10-11H2,1-6H3,(H,20,23)(H,21,24)/p+1. The summed E-state index contributed by atoms with van der Waals surface area (Å²) in [5, 5.41) is 6.32. The Morgan fingerprint density at radius 1 is 1.12 bits per heavy atom. The first kappa shape index (κ1) is 20.5. The molecule has 2 amide bonds. The van der Waals surface area contributed by atoms with E-state index in [1.165, 1.54) is 0 Å². The van der Waals surface area contributed by atoms with Crippen LogP contribution in [0.3, 0.4) is 0 Å². The normalized spacial score (nSPS) is 12.6. The van der Waals surface area contributed by atoms with Gasteiger partial charge in [0, 0.05) is 5.54 Å². The molecule has 1 unspecified atom stereocenters. The van der Waals surface area contributed by atoms with Crippen LogP contribution in [0.15, 0.2) is 12.1 Å². The lowest BCUT2D eigenvalue weighted by Crippen LogP contribution is -3.14. The summed E-state index contributed by atoms with van der Waals surface area (Å²) in [4.78, 5) is 25.2. The number of quaternary nitrogens is 1. The monoisotopic (exact) mass is 354 g/mol. The van der Waals surface area contributed by atoms with Crippen molar-refractivity contribution in [3.8, 4) is 0 Å². The Morgan fingerprint density at radius 3 is 2.21 bits per heavy atom. The first-order valence-corrected chi connectivity index (χ1v) is 8.60. The zero-order valence-corrected chi connectivity index (χ0v) is 16.2. The number of carbonyl (C=O) groups excluding carboxylic acids is 2. The molecule has 0 aliphatic carbocycles. The summed E-state index contributed by atoms with van der Waals surface area (Å²) in [5.41, 5.74) is 2.35. The molecule has 0 spiro atoms. The molecule has 0 radical (unpaired) electrons. The molecule has 0 aliphatic heterocycles. The maximum atomic E-state index is 12.3. The molecule has 1 rings (SSSR count). The predicted octanol–water partition coefficient (Wildman–Crippen LogP) is 1.71. The highest BCUT2D eigenvalue weighted by Crippen LogP contribution is 2.27. The first-order valence-electron chi connectivity index (χ1n) is 8.23. The van der Waals surface area contributed by atoms with Gasteiger partial charge in [0.25, 0.3) is 11.8 Å². The molecule has 0 saturated carbocycles. The first-order chi connectivity index (χ1) is 11.0. The smallest absolute Gasteiger partial charge is 0.279 e. The van der Waals surface area contributed by atoms with Crippen molar-refractivity contribution < 1.29 is 14.5 Å². The number of anilines is 1. The molecule has 24 heavy (non-hydrogen) atoms. The van der Waals surface area contributed by atoms with E-state index in [-0.39, 0.29) is 30.4 Å². The van der Waals surface area contributed by atoms with E-state index in [1.807, 2.05) is 53.7 Å². The van der Waals surface area contributed by atoms with Gasteiger partial charge in [0.15, 0.2) is 13.1 Å². The molecule has 0 fully saturated rings. The molecule has 0 aliphatic rings. The molecular formula is C18H29ClN3O2+.